The second-order valence-corrected chi connectivity index (χ2v) is 4.11. The van der Waals surface area contributed by atoms with Gasteiger partial charge >= 0.3 is 6.03 Å². The number of carbonyl (C=O) groups is 3. The number of nitrogens with zero attached hydrogens (tertiary/aromatic N) is 4. The lowest BCUT2D eigenvalue weighted by atomic mass is 10.1. The molecule has 0 aromatic carbocycles. The van der Waals surface area contributed by atoms with Crippen molar-refractivity contribution >= 4 is 30.0 Å². The van der Waals surface area contributed by atoms with E-state index >= 15 is 0 Å². The Morgan fingerprint density at radius 3 is 2.83 bits per heavy atom. The highest BCUT2D eigenvalue weighted by Crippen LogP contribution is 2.16. The van der Waals surface area contributed by atoms with Crippen LogP contribution < -0.4 is 5.32 Å². The van der Waals surface area contributed by atoms with Gasteiger partial charge in [0.25, 0.3) is 24.1 Å². The van der Waals surface area contributed by atoms with Crippen LogP contribution in [-0.2, 0) is 9.59 Å². The van der Waals surface area contributed by atoms with E-state index in [1.807, 2.05) is 0 Å². The number of amidine groups is 1. The van der Waals surface area contributed by atoms with Crippen LogP contribution in [0.4, 0.5) is 4.79 Å². The summed E-state index contributed by atoms with van der Waals surface area (Å²) in [7, 11) is 4.68. The lowest BCUT2D eigenvalue weighted by molar-refractivity contribution is -0.500. The second kappa shape index (κ2) is 4.21. The Morgan fingerprint density at radius 1 is 1.56 bits per heavy atom. The fraction of sp³-hybridized carbons (Fsp3) is 0.500. The molecule has 1 fully saturated rings. The van der Waals surface area contributed by atoms with Gasteiger partial charge in [-0.15, -0.1) is 0 Å². The van der Waals surface area contributed by atoms with Crippen LogP contribution in [0.15, 0.2) is 4.99 Å². The van der Waals surface area contributed by atoms with Crippen LogP contribution in [0.5, 0.6) is 0 Å². The smallest absolute Gasteiger partial charge is 0.334 e. The van der Waals surface area contributed by atoms with E-state index < -0.39 is 23.9 Å². The van der Waals surface area contributed by atoms with Gasteiger partial charge in [0.2, 0.25) is 5.91 Å². The van der Waals surface area contributed by atoms with E-state index in [4.69, 9.17) is 0 Å². The molecule has 1 N–H and O–H groups in total. The zero-order valence-electron chi connectivity index (χ0n) is 10.4. The van der Waals surface area contributed by atoms with Crippen molar-refractivity contribution < 1.29 is 19.0 Å². The molecular weight excluding hydrogens is 238 g/mol. The largest absolute Gasteiger partial charge is 0.358 e. The summed E-state index contributed by atoms with van der Waals surface area (Å²) >= 11 is 0. The molecule has 2 aliphatic rings. The SMILES string of the molecule is CNC(=O)CN1C(=O)C2C(=NC=[N+]2C)N(C)C1=O. The third kappa shape index (κ3) is 1.66. The lowest BCUT2D eigenvalue weighted by Crippen LogP contribution is -2.63. The molecule has 8 nitrogen and oxygen atoms in total. The first-order valence-corrected chi connectivity index (χ1v) is 5.40. The fourth-order valence-corrected chi connectivity index (χ4v) is 1.91. The van der Waals surface area contributed by atoms with Gasteiger partial charge in [-0.3, -0.25) is 19.4 Å². The van der Waals surface area contributed by atoms with Gasteiger partial charge in [0.05, 0.1) is 7.05 Å². The van der Waals surface area contributed by atoms with Crippen LogP contribution in [0.2, 0.25) is 0 Å². The van der Waals surface area contributed by atoms with Gasteiger partial charge in [0, 0.05) is 14.1 Å². The zero-order valence-corrected chi connectivity index (χ0v) is 10.4. The average Bonchev–Trinajstić information content (AvgIpc) is 2.74. The Bertz CT molecular complexity index is 496. The van der Waals surface area contributed by atoms with E-state index in [1.54, 1.807) is 11.6 Å². The molecule has 2 aliphatic heterocycles. The second-order valence-electron chi connectivity index (χ2n) is 4.11. The van der Waals surface area contributed by atoms with Gasteiger partial charge in [-0.2, -0.15) is 0 Å². The Morgan fingerprint density at radius 2 is 2.22 bits per heavy atom. The Hall–Kier alpha value is -2.25. The molecule has 8 heteroatoms. The number of nitrogens with one attached hydrogen (secondary N) is 1. The molecule has 4 amide bonds. The maximum absolute atomic E-state index is 12.2. The van der Waals surface area contributed by atoms with E-state index in [0.29, 0.717) is 5.84 Å². The molecule has 1 saturated heterocycles. The molecule has 0 radical (unpaired) electrons. The number of fused-ring (bicyclic) bond motifs is 1. The van der Waals surface area contributed by atoms with Crippen molar-refractivity contribution in [3.8, 4) is 0 Å². The minimum absolute atomic E-state index is 0.282. The monoisotopic (exact) mass is 252 g/mol. The molecule has 0 aliphatic carbocycles. The van der Waals surface area contributed by atoms with E-state index in [2.05, 4.69) is 10.3 Å². The molecule has 2 heterocycles. The molecule has 96 valence electrons. The molecule has 1 unspecified atom stereocenters. The average molecular weight is 252 g/mol. The molecule has 2 rings (SSSR count). The highest BCUT2D eigenvalue weighted by Gasteiger charge is 2.51. The molecule has 1 atom stereocenters. The van der Waals surface area contributed by atoms with Gasteiger partial charge in [-0.05, 0) is 4.99 Å². The number of aliphatic imine (C=N–C) groups is 1. The number of rotatable bonds is 2. The number of hydrogen-bond donors (Lipinski definition) is 1. The summed E-state index contributed by atoms with van der Waals surface area (Å²) in [6.07, 6.45) is 1.49. The Labute approximate surface area is 104 Å². The molecule has 0 aromatic rings. The summed E-state index contributed by atoms with van der Waals surface area (Å²) in [5.41, 5.74) is 0. The first kappa shape index (κ1) is 12.2. The predicted octanol–water partition coefficient (Wildman–Crippen LogP) is -1.92. The van der Waals surface area contributed by atoms with Gasteiger partial charge in [0.15, 0.2) is 0 Å². The standard InChI is InChI=1S/C10H13N5O3/c1-11-6(16)4-15-9(17)7-8(12-5-13(7)2)14(3)10(15)18/h5,7H,4H2,1-3H3/p+1. The molecule has 0 aromatic heterocycles. The predicted molar refractivity (Wildman–Crippen MR) is 62.4 cm³/mol. The van der Waals surface area contributed by atoms with Crippen LogP contribution in [0.3, 0.4) is 0 Å². The summed E-state index contributed by atoms with van der Waals surface area (Å²) in [6.45, 7) is -0.282. The minimum atomic E-state index is -0.627. The van der Waals surface area contributed by atoms with Gasteiger partial charge in [-0.25, -0.2) is 9.37 Å². The molecule has 18 heavy (non-hydrogen) atoms. The van der Waals surface area contributed by atoms with Crippen molar-refractivity contribution in [2.24, 2.45) is 4.99 Å². The van der Waals surface area contributed by atoms with E-state index in [-0.39, 0.29) is 6.54 Å². The topological polar surface area (TPSA) is 85.1 Å². The van der Waals surface area contributed by atoms with Crippen LogP contribution in [-0.4, -0.2) is 78.1 Å². The van der Waals surface area contributed by atoms with E-state index in [9.17, 15) is 14.4 Å². The molecule has 0 spiro atoms. The first-order chi connectivity index (χ1) is 8.47. The molecule has 0 saturated carbocycles. The highest BCUT2D eigenvalue weighted by molar-refractivity contribution is 6.22. The Balaban J connectivity index is 2.30. The maximum atomic E-state index is 12.2. The third-order valence-corrected chi connectivity index (χ3v) is 2.97. The molecular formula is C10H14N5O3+. The van der Waals surface area contributed by atoms with Crippen molar-refractivity contribution in [2.45, 2.75) is 6.04 Å². The van der Waals surface area contributed by atoms with E-state index in [1.165, 1.54) is 25.3 Å². The van der Waals surface area contributed by atoms with Gasteiger partial charge < -0.3 is 5.32 Å². The summed E-state index contributed by atoms with van der Waals surface area (Å²) in [5.74, 6) is -0.438. The summed E-state index contributed by atoms with van der Waals surface area (Å²) < 4.78 is 1.61. The first-order valence-electron chi connectivity index (χ1n) is 5.40. The Kier molecular flexibility index (Phi) is 2.85. The van der Waals surface area contributed by atoms with Crippen molar-refractivity contribution in [2.75, 3.05) is 27.7 Å². The number of amides is 4. The normalized spacial score (nSPS) is 22.7. The third-order valence-electron chi connectivity index (χ3n) is 2.97. The van der Waals surface area contributed by atoms with Crippen LogP contribution in [0, 0.1) is 0 Å². The quantitative estimate of drug-likeness (QED) is 0.581. The van der Waals surface area contributed by atoms with Crippen molar-refractivity contribution in [3.63, 3.8) is 0 Å². The maximum Gasteiger partial charge on any atom is 0.334 e. The van der Waals surface area contributed by atoms with Crippen LogP contribution >= 0.6 is 0 Å². The summed E-state index contributed by atoms with van der Waals surface area (Å²) in [5, 5.41) is 2.38. The van der Waals surface area contributed by atoms with Crippen LogP contribution in [0.25, 0.3) is 0 Å². The molecule has 0 bridgehead atoms. The number of urea groups is 1. The number of likely N-dealkylation sites (N-methyl/N-ethyl adjacent to an activating group) is 3. The summed E-state index contributed by atoms with van der Waals surface area (Å²) in [6, 6.07) is -1.17. The van der Waals surface area contributed by atoms with Crippen LogP contribution in [0.1, 0.15) is 0 Å². The summed E-state index contributed by atoms with van der Waals surface area (Å²) in [4.78, 5) is 41.7. The minimum Gasteiger partial charge on any atom is -0.358 e. The number of carbonyl (C=O) groups excluding carboxylic acids is 3. The fourth-order valence-electron chi connectivity index (χ4n) is 1.91. The van der Waals surface area contributed by atoms with Crippen molar-refractivity contribution in [3.05, 3.63) is 0 Å². The van der Waals surface area contributed by atoms with E-state index in [0.717, 1.165) is 4.90 Å². The van der Waals surface area contributed by atoms with Gasteiger partial charge in [0.1, 0.15) is 6.54 Å². The van der Waals surface area contributed by atoms with Crippen molar-refractivity contribution in [1.29, 1.82) is 0 Å². The number of imide groups is 1. The van der Waals surface area contributed by atoms with Gasteiger partial charge in [-0.1, -0.05) is 0 Å². The zero-order chi connectivity index (χ0) is 13.4. The lowest BCUT2D eigenvalue weighted by Gasteiger charge is -2.32. The number of hydrogen-bond acceptors (Lipinski definition) is 4. The highest BCUT2D eigenvalue weighted by atomic mass is 16.2. The van der Waals surface area contributed by atoms with Crippen molar-refractivity contribution in [1.82, 2.24) is 15.1 Å².